The second-order valence-electron chi connectivity index (χ2n) is 3.86. The number of thioether (sulfide) groups is 1. The number of aromatic nitrogens is 1. The Morgan fingerprint density at radius 3 is 2.53 bits per heavy atom. The van der Waals surface area contributed by atoms with E-state index in [0.29, 0.717) is 21.3 Å². The van der Waals surface area contributed by atoms with Crippen molar-refractivity contribution >= 4 is 35.0 Å². The first-order chi connectivity index (χ1) is 7.00. The van der Waals surface area contributed by atoms with Gasteiger partial charge in [-0.1, -0.05) is 44.0 Å². The van der Waals surface area contributed by atoms with E-state index in [0.717, 1.165) is 11.3 Å². The van der Waals surface area contributed by atoms with Crippen LogP contribution in [0.1, 0.15) is 26.3 Å². The molecule has 0 radical (unpaired) electrons. The van der Waals surface area contributed by atoms with Crippen LogP contribution in [0.2, 0.25) is 10.2 Å². The Balaban J connectivity index is 2.58. The number of hydrogen-bond donors (Lipinski definition) is 0. The topological polar surface area (TPSA) is 12.9 Å². The van der Waals surface area contributed by atoms with E-state index in [4.69, 9.17) is 23.2 Å². The van der Waals surface area contributed by atoms with Crippen LogP contribution >= 0.6 is 35.0 Å². The summed E-state index contributed by atoms with van der Waals surface area (Å²) in [5, 5.41) is 1.78. The molecular weight excluding hydrogens is 249 g/mol. The third-order valence-corrected chi connectivity index (χ3v) is 4.44. The van der Waals surface area contributed by atoms with Crippen molar-refractivity contribution in [1.82, 2.24) is 4.98 Å². The summed E-state index contributed by atoms with van der Waals surface area (Å²) in [4.78, 5) is 4.03. The standard InChI is InChI=1S/C11H15Cl2NS/c1-7(2)8(3)15-6-9-5-14-11(13)4-10(9)12/h4-5,7-8H,6H2,1-3H3. The molecule has 1 atom stereocenters. The van der Waals surface area contributed by atoms with Crippen molar-refractivity contribution < 1.29 is 0 Å². The van der Waals surface area contributed by atoms with Crippen LogP contribution in [0, 0.1) is 5.92 Å². The molecule has 15 heavy (non-hydrogen) atoms. The number of halogens is 2. The predicted molar refractivity (Wildman–Crippen MR) is 69.9 cm³/mol. The SMILES string of the molecule is CC(C)C(C)SCc1cnc(Cl)cc1Cl. The molecule has 84 valence electrons. The lowest BCUT2D eigenvalue weighted by molar-refractivity contribution is 0.642. The second-order valence-corrected chi connectivity index (χ2v) is 6.02. The zero-order valence-electron chi connectivity index (χ0n) is 9.13. The van der Waals surface area contributed by atoms with Crippen molar-refractivity contribution in [3.8, 4) is 0 Å². The highest BCUT2D eigenvalue weighted by molar-refractivity contribution is 7.99. The van der Waals surface area contributed by atoms with Gasteiger partial charge in [-0.25, -0.2) is 4.98 Å². The molecule has 0 aliphatic carbocycles. The molecule has 1 unspecified atom stereocenters. The maximum Gasteiger partial charge on any atom is 0.130 e. The summed E-state index contributed by atoms with van der Waals surface area (Å²) in [5.41, 5.74) is 1.05. The van der Waals surface area contributed by atoms with Gasteiger partial charge in [0.2, 0.25) is 0 Å². The summed E-state index contributed by atoms with van der Waals surface area (Å²) in [6, 6.07) is 1.69. The molecular formula is C11H15Cl2NS. The van der Waals surface area contributed by atoms with Crippen molar-refractivity contribution in [1.29, 1.82) is 0 Å². The van der Waals surface area contributed by atoms with Crippen LogP contribution in [0.15, 0.2) is 12.3 Å². The van der Waals surface area contributed by atoms with Gasteiger partial charge in [0, 0.05) is 22.2 Å². The monoisotopic (exact) mass is 263 g/mol. The molecule has 4 heteroatoms. The average molecular weight is 264 g/mol. The molecule has 1 rings (SSSR count). The summed E-state index contributed by atoms with van der Waals surface area (Å²) in [6.07, 6.45) is 1.75. The zero-order chi connectivity index (χ0) is 11.4. The Kier molecular flexibility index (Phi) is 5.24. The Morgan fingerprint density at radius 2 is 2.00 bits per heavy atom. The van der Waals surface area contributed by atoms with Crippen LogP contribution in [0.3, 0.4) is 0 Å². The smallest absolute Gasteiger partial charge is 0.130 e. The highest BCUT2D eigenvalue weighted by Gasteiger charge is 2.09. The van der Waals surface area contributed by atoms with Gasteiger partial charge in [0.1, 0.15) is 5.15 Å². The van der Waals surface area contributed by atoms with Gasteiger partial charge < -0.3 is 0 Å². The van der Waals surface area contributed by atoms with Crippen molar-refractivity contribution in [2.24, 2.45) is 5.92 Å². The summed E-state index contributed by atoms with van der Waals surface area (Å²) < 4.78 is 0. The van der Waals surface area contributed by atoms with Crippen LogP contribution in [-0.4, -0.2) is 10.2 Å². The molecule has 0 fully saturated rings. The minimum absolute atomic E-state index is 0.450. The molecule has 1 nitrogen and oxygen atoms in total. The number of nitrogens with zero attached hydrogens (tertiary/aromatic N) is 1. The van der Waals surface area contributed by atoms with Gasteiger partial charge in [0.25, 0.3) is 0 Å². The predicted octanol–water partition coefficient (Wildman–Crippen LogP) is 4.67. The maximum atomic E-state index is 6.05. The van der Waals surface area contributed by atoms with Crippen molar-refractivity contribution in [2.75, 3.05) is 0 Å². The quantitative estimate of drug-likeness (QED) is 0.733. The Morgan fingerprint density at radius 1 is 1.33 bits per heavy atom. The molecule has 0 N–H and O–H groups in total. The molecule has 1 heterocycles. The van der Waals surface area contributed by atoms with Gasteiger partial charge in [-0.2, -0.15) is 11.8 Å². The van der Waals surface area contributed by atoms with E-state index in [-0.39, 0.29) is 0 Å². The molecule has 0 aliphatic heterocycles. The summed E-state index contributed by atoms with van der Waals surface area (Å²) in [6.45, 7) is 6.67. The Labute approximate surface area is 106 Å². The first kappa shape index (κ1) is 13.1. The molecule has 0 saturated carbocycles. The van der Waals surface area contributed by atoms with E-state index in [1.54, 1.807) is 12.3 Å². The zero-order valence-corrected chi connectivity index (χ0v) is 11.5. The Hall–Kier alpha value is 0.0800. The van der Waals surface area contributed by atoms with Gasteiger partial charge in [-0.3, -0.25) is 0 Å². The van der Waals surface area contributed by atoms with Crippen LogP contribution < -0.4 is 0 Å². The lowest BCUT2D eigenvalue weighted by Gasteiger charge is -2.15. The minimum Gasteiger partial charge on any atom is -0.244 e. The first-order valence-corrected chi connectivity index (χ1v) is 6.72. The lowest BCUT2D eigenvalue weighted by atomic mass is 10.2. The number of rotatable bonds is 4. The fourth-order valence-electron chi connectivity index (χ4n) is 0.956. The van der Waals surface area contributed by atoms with Crippen LogP contribution in [0.4, 0.5) is 0 Å². The third-order valence-electron chi connectivity index (χ3n) is 2.34. The molecule has 0 saturated heterocycles. The molecule has 0 aliphatic rings. The average Bonchev–Trinajstić information content (AvgIpc) is 2.15. The highest BCUT2D eigenvalue weighted by atomic mass is 35.5. The van der Waals surface area contributed by atoms with Crippen molar-refractivity contribution in [3.05, 3.63) is 28.0 Å². The van der Waals surface area contributed by atoms with Crippen molar-refractivity contribution in [3.63, 3.8) is 0 Å². The largest absolute Gasteiger partial charge is 0.244 e. The molecule has 0 spiro atoms. The number of pyridine rings is 1. The van der Waals surface area contributed by atoms with E-state index >= 15 is 0 Å². The molecule has 0 aromatic carbocycles. The van der Waals surface area contributed by atoms with E-state index in [9.17, 15) is 0 Å². The van der Waals surface area contributed by atoms with E-state index in [1.165, 1.54) is 0 Å². The number of hydrogen-bond acceptors (Lipinski definition) is 2. The van der Waals surface area contributed by atoms with Gasteiger partial charge in [-0.05, 0) is 17.5 Å². The molecule has 0 amide bonds. The van der Waals surface area contributed by atoms with Crippen LogP contribution in [0.5, 0.6) is 0 Å². The normalized spacial score (nSPS) is 13.2. The van der Waals surface area contributed by atoms with Crippen LogP contribution in [0.25, 0.3) is 0 Å². The fraction of sp³-hybridized carbons (Fsp3) is 0.545. The summed E-state index contributed by atoms with van der Waals surface area (Å²) in [5.74, 6) is 1.57. The van der Waals surface area contributed by atoms with Gasteiger partial charge in [0.05, 0.1) is 0 Å². The van der Waals surface area contributed by atoms with Gasteiger partial charge in [0.15, 0.2) is 0 Å². The Bertz CT molecular complexity index is 328. The fourth-order valence-corrected chi connectivity index (χ4v) is 2.53. The summed E-state index contributed by atoms with van der Waals surface area (Å²) in [7, 11) is 0. The van der Waals surface area contributed by atoms with Gasteiger partial charge in [-0.15, -0.1) is 0 Å². The van der Waals surface area contributed by atoms with E-state index in [1.807, 2.05) is 11.8 Å². The highest BCUT2D eigenvalue weighted by Crippen LogP contribution is 2.27. The molecule has 1 aromatic rings. The van der Waals surface area contributed by atoms with Crippen LogP contribution in [-0.2, 0) is 5.75 Å². The molecule has 1 aromatic heterocycles. The van der Waals surface area contributed by atoms with E-state index < -0.39 is 0 Å². The first-order valence-electron chi connectivity index (χ1n) is 4.92. The minimum atomic E-state index is 0.450. The third kappa shape index (κ3) is 4.21. The van der Waals surface area contributed by atoms with E-state index in [2.05, 4.69) is 25.8 Å². The maximum absolute atomic E-state index is 6.05. The van der Waals surface area contributed by atoms with Crippen molar-refractivity contribution in [2.45, 2.75) is 31.8 Å². The summed E-state index contributed by atoms with van der Waals surface area (Å²) >= 11 is 13.7. The lowest BCUT2D eigenvalue weighted by Crippen LogP contribution is -2.06. The second kappa shape index (κ2) is 5.97. The molecule has 0 bridgehead atoms. The van der Waals surface area contributed by atoms with Gasteiger partial charge >= 0.3 is 0 Å².